The number of para-hydroxylation sites is 1. The zero-order valence-corrected chi connectivity index (χ0v) is 12.0. The van der Waals surface area contributed by atoms with Crippen molar-refractivity contribution in [3.63, 3.8) is 0 Å². The van der Waals surface area contributed by atoms with E-state index in [1.807, 2.05) is 0 Å². The second kappa shape index (κ2) is 5.08. The van der Waals surface area contributed by atoms with Crippen LogP contribution in [0.1, 0.15) is 24.2 Å². The highest BCUT2D eigenvalue weighted by molar-refractivity contribution is 7.92. The fourth-order valence-electron chi connectivity index (χ4n) is 1.41. The lowest BCUT2D eigenvalue weighted by atomic mass is 10.1. The molecule has 0 aliphatic carbocycles. The number of hydrogen-bond donors (Lipinski definition) is 3. The van der Waals surface area contributed by atoms with Crippen LogP contribution in [0.4, 0.5) is 11.4 Å². The molecule has 0 unspecified atom stereocenters. The number of nitrogens with one attached hydrogen (secondary N) is 1. The summed E-state index contributed by atoms with van der Waals surface area (Å²) in [4.78, 5) is 11.3. The molecule has 0 bridgehead atoms. The SMILES string of the molecule is CC(C)(CNc1c(N)cccc1C(N)=O)S(C)(=O)=O. The summed E-state index contributed by atoms with van der Waals surface area (Å²) in [5.41, 5.74) is 12.0. The molecular weight excluding hydrogens is 266 g/mol. The molecule has 0 saturated heterocycles. The first-order chi connectivity index (χ1) is 8.56. The summed E-state index contributed by atoms with van der Waals surface area (Å²) in [6.45, 7) is 3.32. The molecule has 0 aliphatic rings. The summed E-state index contributed by atoms with van der Waals surface area (Å²) in [6.07, 6.45) is 1.16. The molecule has 0 radical (unpaired) electrons. The van der Waals surface area contributed by atoms with Crippen molar-refractivity contribution in [3.8, 4) is 0 Å². The van der Waals surface area contributed by atoms with E-state index in [2.05, 4.69) is 5.32 Å². The third-order valence-corrected chi connectivity index (χ3v) is 5.21. The average molecular weight is 285 g/mol. The lowest BCUT2D eigenvalue weighted by Crippen LogP contribution is -2.38. The van der Waals surface area contributed by atoms with Gasteiger partial charge in [-0.1, -0.05) is 6.07 Å². The van der Waals surface area contributed by atoms with Crippen LogP contribution in [0.5, 0.6) is 0 Å². The Hall–Kier alpha value is -1.76. The second-order valence-electron chi connectivity index (χ2n) is 5.02. The van der Waals surface area contributed by atoms with E-state index in [0.717, 1.165) is 6.26 Å². The van der Waals surface area contributed by atoms with Crippen LogP contribution in [0.15, 0.2) is 18.2 Å². The van der Waals surface area contributed by atoms with Crippen LogP contribution in [0.3, 0.4) is 0 Å². The van der Waals surface area contributed by atoms with Crippen LogP contribution in [0.2, 0.25) is 0 Å². The lowest BCUT2D eigenvalue weighted by molar-refractivity contribution is 0.100. The van der Waals surface area contributed by atoms with Gasteiger partial charge in [0.25, 0.3) is 5.91 Å². The Morgan fingerprint density at radius 1 is 1.37 bits per heavy atom. The molecule has 0 aliphatic heterocycles. The zero-order valence-electron chi connectivity index (χ0n) is 11.2. The summed E-state index contributed by atoms with van der Waals surface area (Å²) in [5.74, 6) is -0.619. The fraction of sp³-hybridized carbons (Fsp3) is 0.417. The normalized spacial score (nSPS) is 12.2. The number of primary amides is 1. The van der Waals surface area contributed by atoms with E-state index in [-0.39, 0.29) is 12.1 Å². The number of sulfone groups is 1. The largest absolute Gasteiger partial charge is 0.397 e. The Morgan fingerprint density at radius 2 is 1.95 bits per heavy atom. The van der Waals surface area contributed by atoms with Crippen LogP contribution < -0.4 is 16.8 Å². The maximum atomic E-state index is 11.6. The summed E-state index contributed by atoms with van der Waals surface area (Å²) >= 11 is 0. The molecule has 0 heterocycles. The van der Waals surface area contributed by atoms with Crippen molar-refractivity contribution in [1.29, 1.82) is 0 Å². The van der Waals surface area contributed by atoms with Gasteiger partial charge in [0.2, 0.25) is 0 Å². The van der Waals surface area contributed by atoms with Gasteiger partial charge in [0.1, 0.15) is 0 Å². The highest BCUT2D eigenvalue weighted by atomic mass is 32.2. The van der Waals surface area contributed by atoms with Gasteiger partial charge in [-0.05, 0) is 26.0 Å². The van der Waals surface area contributed by atoms with Gasteiger partial charge in [-0.2, -0.15) is 0 Å². The molecular formula is C12H19N3O3S. The summed E-state index contributed by atoms with van der Waals surface area (Å²) in [5, 5.41) is 2.90. The Balaban J connectivity index is 3.05. The van der Waals surface area contributed by atoms with E-state index in [4.69, 9.17) is 11.5 Å². The number of anilines is 2. The Bertz CT molecular complexity index is 594. The monoisotopic (exact) mass is 285 g/mol. The third kappa shape index (κ3) is 3.37. The zero-order chi connectivity index (χ0) is 14.8. The van der Waals surface area contributed by atoms with E-state index in [1.165, 1.54) is 6.07 Å². The molecule has 0 spiro atoms. The molecule has 106 valence electrons. The van der Waals surface area contributed by atoms with Crippen molar-refractivity contribution in [2.45, 2.75) is 18.6 Å². The summed E-state index contributed by atoms with van der Waals surface area (Å²) < 4.78 is 22.2. The predicted octanol–water partition coefficient (Wildman–Crippen LogP) is 0.603. The molecule has 1 amide bonds. The molecule has 7 heteroatoms. The van der Waals surface area contributed by atoms with Gasteiger partial charge >= 0.3 is 0 Å². The Labute approximate surface area is 113 Å². The number of amides is 1. The second-order valence-corrected chi connectivity index (χ2v) is 7.67. The van der Waals surface area contributed by atoms with E-state index in [1.54, 1.807) is 26.0 Å². The summed E-state index contributed by atoms with van der Waals surface area (Å²) in [6, 6.07) is 4.76. The number of rotatable bonds is 5. The highest BCUT2D eigenvalue weighted by Gasteiger charge is 2.30. The third-order valence-electron chi connectivity index (χ3n) is 3.06. The fourth-order valence-corrected chi connectivity index (χ4v) is 1.74. The van der Waals surface area contributed by atoms with Crippen molar-refractivity contribution in [2.24, 2.45) is 5.73 Å². The van der Waals surface area contributed by atoms with E-state index >= 15 is 0 Å². The molecule has 1 aromatic rings. The number of nitrogens with two attached hydrogens (primary N) is 2. The molecule has 0 aromatic heterocycles. The van der Waals surface area contributed by atoms with Crippen LogP contribution >= 0.6 is 0 Å². The molecule has 1 rings (SSSR count). The van der Waals surface area contributed by atoms with Gasteiger partial charge in [0.15, 0.2) is 9.84 Å². The number of carbonyl (C=O) groups is 1. The van der Waals surface area contributed by atoms with E-state index in [0.29, 0.717) is 11.4 Å². The summed E-state index contributed by atoms with van der Waals surface area (Å²) in [7, 11) is -3.24. The first-order valence-corrected chi connectivity index (χ1v) is 7.57. The van der Waals surface area contributed by atoms with E-state index < -0.39 is 20.5 Å². The molecule has 0 fully saturated rings. The van der Waals surface area contributed by atoms with Crippen molar-refractivity contribution in [1.82, 2.24) is 0 Å². The number of hydrogen-bond acceptors (Lipinski definition) is 5. The molecule has 6 nitrogen and oxygen atoms in total. The first-order valence-electron chi connectivity index (χ1n) is 5.68. The van der Waals surface area contributed by atoms with Gasteiger partial charge in [-0.3, -0.25) is 4.79 Å². The van der Waals surface area contributed by atoms with Gasteiger partial charge < -0.3 is 16.8 Å². The van der Waals surface area contributed by atoms with Crippen molar-refractivity contribution >= 4 is 27.1 Å². The number of carbonyl (C=O) groups excluding carboxylic acids is 1. The Kier molecular flexibility index (Phi) is 4.09. The number of benzene rings is 1. The van der Waals surface area contributed by atoms with Crippen molar-refractivity contribution in [3.05, 3.63) is 23.8 Å². The lowest BCUT2D eigenvalue weighted by Gasteiger charge is -2.24. The minimum Gasteiger partial charge on any atom is -0.397 e. The van der Waals surface area contributed by atoms with Gasteiger partial charge in [-0.25, -0.2) is 8.42 Å². The predicted molar refractivity (Wildman–Crippen MR) is 76.8 cm³/mol. The maximum Gasteiger partial charge on any atom is 0.250 e. The van der Waals surface area contributed by atoms with Crippen molar-refractivity contribution in [2.75, 3.05) is 23.9 Å². The molecule has 1 aromatic carbocycles. The average Bonchev–Trinajstić information content (AvgIpc) is 2.25. The van der Waals surface area contributed by atoms with Crippen LogP contribution in [-0.2, 0) is 9.84 Å². The number of nitrogen functional groups attached to an aromatic ring is 1. The minimum atomic E-state index is -3.24. The maximum absolute atomic E-state index is 11.6. The topological polar surface area (TPSA) is 115 Å². The van der Waals surface area contributed by atoms with Crippen LogP contribution in [0.25, 0.3) is 0 Å². The smallest absolute Gasteiger partial charge is 0.250 e. The van der Waals surface area contributed by atoms with E-state index in [9.17, 15) is 13.2 Å². The molecule has 0 saturated carbocycles. The van der Waals surface area contributed by atoms with Gasteiger partial charge in [-0.15, -0.1) is 0 Å². The van der Waals surface area contributed by atoms with Crippen LogP contribution in [0, 0.1) is 0 Å². The highest BCUT2D eigenvalue weighted by Crippen LogP contribution is 2.25. The Morgan fingerprint density at radius 3 is 2.42 bits per heavy atom. The molecule has 19 heavy (non-hydrogen) atoms. The molecule has 0 atom stereocenters. The quantitative estimate of drug-likeness (QED) is 0.685. The molecule has 5 N–H and O–H groups in total. The van der Waals surface area contributed by atoms with Gasteiger partial charge in [0, 0.05) is 12.8 Å². The first kappa shape index (κ1) is 15.3. The van der Waals surface area contributed by atoms with Crippen LogP contribution in [-0.4, -0.2) is 31.9 Å². The standard InChI is InChI=1S/C12H19N3O3S/c1-12(2,19(3,17)18)7-15-10-8(11(14)16)5-4-6-9(10)13/h4-6,15H,7,13H2,1-3H3,(H2,14,16). The van der Waals surface area contributed by atoms with Gasteiger partial charge in [0.05, 0.1) is 21.7 Å². The van der Waals surface area contributed by atoms with Crippen molar-refractivity contribution < 1.29 is 13.2 Å². The minimum absolute atomic E-state index is 0.125.